The highest BCUT2D eigenvalue weighted by molar-refractivity contribution is 7.89. The molecule has 1 aliphatic rings. The molecule has 0 aromatic heterocycles. The first-order valence-electron chi connectivity index (χ1n) is 6.31. The molecule has 2 rings (SSSR count). The molecule has 0 amide bonds. The lowest BCUT2D eigenvalue weighted by atomic mass is 10.3. The van der Waals surface area contributed by atoms with Crippen molar-refractivity contribution in [1.82, 2.24) is 4.31 Å². The Morgan fingerprint density at radius 2 is 1.90 bits per heavy atom. The number of non-ortho nitro benzene ring substituents is 1. The minimum absolute atomic E-state index is 0.0348. The predicted molar refractivity (Wildman–Crippen MR) is 76.9 cm³/mol. The number of benzene rings is 1. The van der Waals surface area contributed by atoms with E-state index in [9.17, 15) is 18.5 Å². The summed E-state index contributed by atoms with van der Waals surface area (Å²) in [6.07, 6.45) is -0.498. The molecule has 0 saturated carbocycles. The molecule has 0 spiro atoms. The molecule has 0 bridgehead atoms. The fourth-order valence-electron chi connectivity index (χ4n) is 2.27. The van der Waals surface area contributed by atoms with E-state index >= 15 is 0 Å². The van der Waals surface area contributed by atoms with E-state index in [0.29, 0.717) is 0 Å². The Hall–Kier alpha value is -1.22. The van der Waals surface area contributed by atoms with Gasteiger partial charge in [0.1, 0.15) is 4.90 Å². The van der Waals surface area contributed by atoms with Crippen LogP contribution in [0.2, 0.25) is 5.02 Å². The van der Waals surface area contributed by atoms with E-state index in [2.05, 4.69) is 0 Å². The van der Waals surface area contributed by atoms with Crippen molar-refractivity contribution >= 4 is 27.3 Å². The van der Waals surface area contributed by atoms with Gasteiger partial charge in [0, 0.05) is 25.2 Å². The van der Waals surface area contributed by atoms with Crippen LogP contribution in [0, 0.1) is 10.1 Å². The lowest BCUT2D eigenvalue weighted by molar-refractivity contribution is -0.385. The van der Waals surface area contributed by atoms with E-state index in [-0.39, 0.29) is 40.9 Å². The van der Waals surface area contributed by atoms with E-state index in [1.54, 1.807) is 13.8 Å². The summed E-state index contributed by atoms with van der Waals surface area (Å²) in [6, 6.07) is 3.38. The second-order valence-corrected chi connectivity index (χ2v) is 7.26. The standard InChI is InChI=1S/C12H15ClN2O5S/c1-8-6-14(7-9(2)20-8)21(18,19)12-5-10(15(16)17)3-4-11(12)13/h3-5,8-9H,6-7H2,1-2H3/t8-,9+. The monoisotopic (exact) mass is 334 g/mol. The van der Waals surface area contributed by atoms with Gasteiger partial charge >= 0.3 is 0 Å². The zero-order valence-electron chi connectivity index (χ0n) is 11.5. The average molecular weight is 335 g/mol. The first-order chi connectivity index (χ1) is 9.71. The number of halogens is 1. The normalized spacial score (nSPS) is 24.0. The van der Waals surface area contributed by atoms with Crippen LogP contribution in [0.15, 0.2) is 23.1 Å². The number of nitro benzene ring substituents is 1. The van der Waals surface area contributed by atoms with Crippen LogP contribution < -0.4 is 0 Å². The van der Waals surface area contributed by atoms with Crippen molar-refractivity contribution in [3.8, 4) is 0 Å². The van der Waals surface area contributed by atoms with Gasteiger partial charge in [-0.2, -0.15) is 4.31 Å². The SMILES string of the molecule is C[C@@H]1CN(S(=O)(=O)c2cc([N+](=O)[O-])ccc2Cl)C[C@H](C)O1. The molecule has 7 nitrogen and oxygen atoms in total. The third kappa shape index (κ3) is 3.34. The van der Waals surface area contributed by atoms with Crippen LogP contribution in [0.25, 0.3) is 0 Å². The number of morpholine rings is 1. The molecular weight excluding hydrogens is 320 g/mol. The maximum atomic E-state index is 12.6. The van der Waals surface area contributed by atoms with Crippen molar-refractivity contribution < 1.29 is 18.1 Å². The second kappa shape index (κ2) is 5.88. The summed E-state index contributed by atoms with van der Waals surface area (Å²) >= 11 is 5.92. The molecule has 1 aromatic carbocycles. The van der Waals surface area contributed by atoms with Crippen LogP contribution in [-0.4, -0.2) is 42.9 Å². The van der Waals surface area contributed by atoms with Crippen LogP contribution in [0.4, 0.5) is 5.69 Å². The van der Waals surface area contributed by atoms with E-state index in [4.69, 9.17) is 16.3 Å². The highest BCUT2D eigenvalue weighted by atomic mass is 35.5. The van der Waals surface area contributed by atoms with E-state index in [1.807, 2.05) is 0 Å². The highest BCUT2D eigenvalue weighted by Gasteiger charge is 2.34. The number of ether oxygens (including phenoxy) is 1. The summed E-state index contributed by atoms with van der Waals surface area (Å²) in [5.41, 5.74) is -0.313. The fraction of sp³-hybridized carbons (Fsp3) is 0.500. The molecule has 2 atom stereocenters. The van der Waals surface area contributed by atoms with Crippen LogP contribution in [0.1, 0.15) is 13.8 Å². The van der Waals surface area contributed by atoms with Gasteiger partial charge in [0.2, 0.25) is 10.0 Å². The number of nitrogens with zero attached hydrogens (tertiary/aromatic N) is 2. The molecular formula is C12H15ClN2O5S. The molecule has 9 heteroatoms. The number of hydrogen-bond donors (Lipinski definition) is 0. The molecule has 1 aromatic rings. The van der Waals surface area contributed by atoms with Gasteiger partial charge in [0.15, 0.2) is 0 Å². The third-order valence-electron chi connectivity index (χ3n) is 3.13. The van der Waals surface area contributed by atoms with Crippen LogP contribution >= 0.6 is 11.6 Å². The van der Waals surface area contributed by atoms with E-state index in [0.717, 1.165) is 6.07 Å². The number of rotatable bonds is 3. The molecule has 116 valence electrons. The third-order valence-corrected chi connectivity index (χ3v) is 5.44. The van der Waals surface area contributed by atoms with E-state index in [1.165, 1.54) is 16.4 Å². The zero-order chi connectivity index (χ0) is 15.8. The molecule has 0 radical (unpaired) electrons. The van der Waals surface area contributed by atoms with Gasteiger partial charge in [0.25, 0.3) is 5.69 Å². The van der Waals surface area contributed by atoms with Crippen LogP contribution in [0.5, 0.6) is 0 Å². The molecule has 0 aliphatic carbocycles. The Balaban J connectivity index is 2.44. The largest absolute Gasteiger partial charge is 0.373 e. The van der Waals surface area contributed by atoms with Gasteiger partial charge in [-0.3, -0.25) is 10.1 Å². The van der Waals surface area contributed by atoms with Crippen molar-refractivity contribution in [2.75, 3.05) is 13.1 Å². The summed E-state index contributed by atoms with van der Waals surface area (Å²) in [5, 5.41) is 10.8. The lowest BCUT2D eigenvalue weighted by Gasteiger charge is -2.34. The lowest BCUT2D eigenvalue weighted by Crippen LogP contribution is -2.48. The van der Waals surface area contributed by atoms with Gasteiger partial charge in [-0.1, -0.05) is 11.6 Å². The summed E-state index contributed by atoms with van der Waals surface area (Å²) in [7, 11) is -3.90. The average Bonchev–Trinajstić information content (AvgIpc) is 2.37. The Morgan fingerprint density at radius 3 is 2.43 bits per heavy atom. The van der Waals surface area contributed by atoms with Gasteiger partial charge in [-0.25, -0.2) is 8.42 Å². The smallest absolute Gasteiger partial charge is 0.270 e. The Morgan fingerprint density at radius 1 is 1.33 bits per heavy atom. The maximum absolute atomic E-state index is 12.6. The highest BCUT2D eigenvalue weighted by Crippen LogP contribution is 2.30. The van der Waals surface area contributed by atoms with Crippen molar-refractivity contribution in [3.05, 3.63) is 33.3 Å². The molecule has 1 fully saturated rings. The maximum Gasteiger partial charge on any atom is 0.270 e. The molecule has 0 N–H and O–H groups in total. The molecule has 1 heterocycles. The number of sulfonamides is 1. The molecule has 21 heavy (non-hydrogen) atoms. The minimum Gasteiger partial charge on any atom is -0.373 e. The summed E-state index contributed by atoms with van der Waals surface area (Å²) in [4.78, 5) is 9.90. The van der Waals surface area contributed by atoms with Gasteiger partial charge < -0.3 is 4.74 Å². The Labute approximate surface area is 127 Å². The second-order valence-electron chi connectivity index (χ2n) is 4.95. The quantitative estimate of drug-likeness (QED) is 0.623. The van der Waals surface area contributed by atoms with Gasteiger partial charge in [-0.15, -0.1) is 0 Å². The Kier molecular flexibility index (Phi) is 4.52. The minimum atomic E-state index is -3.90. The summed E-state index contributed by atoms with van der Waals surface area (Å²) < 4.78 is 32.0. The molecule has 1 saturated heterocycles. The topological polar surface area (TPSA) is 89.8 Å². The van der Waals surface area contributed by atoms with Gasteiger partial charge in [-0.05, 0) is 19.9 Å². The van der Waals surface area contributed by atoms with Crippen LogP contribution in [0.3, 0.4) is 0 Å². The summed E-state index contributed by atoms with van der Waals surface area (Å²) in [5.74, 6) is 0. The van der Waals surface area contributed by atoms with Crippen LogP contribution in [-0.2, 0) is 14.8 Å². The summed E-state index contributed by atoms with van der Waals surface area (Å²) in [6.45, 7) is 3.91. The van der Waals surface area contributed by atoms with Crippen molar-refractivity contribution in [1.29, 1.82) is 0 Å². The van der Waals surface area contributed by atoms with Crippen molar-refractivity contribution in [2.45, 2.75) is 31.0 Å². The molecule has 1 aliphatic heterocycles. The number of hydrogen-bond acceptors (Lipinski definition) is 5. The zero-order valence-corrected chi connectivity index (χ0v) is 13.1. The van der Waals surface area contributed by atoms with E-state index < -0.39 is 14.9 Å². The fourth-order valence-corrected chi connectivity index (χ4v) is 4.35. The Bertz CT molecular complexity index is 654. The first kappa shape index (κ1) is 16.2. The number of nitro groups is 1. The first-order valence-corrected chi connectivity index (χ1v) is 8.13. The molecule has 0 unspecified atom stereocenters. The van der Waals surface area contributed by atoms with Crippen molar-refractivity contribution in [2.24, 2.45) is 0 Å². The van der Waals surface area contributed by atoms with Crippen molar-refractivity contribution in [3.63, 3.8) is 0 Å². The van der Waals surface area contributed by atoms with Gasteiger partial charge in [0.05, 0.1) is 22.2 Å². The predicted octanol–water partition coefficient (Wildman–Crippen LogP) is 2.05.